The quantitative estimate of drug-likeness (QED) is 0.423. The Hall–Kier alpha value is -4.25. The van der Waals surface area contributed by atoms with Gasteiger partial charge in [-0.1, -0.05) is 48.6 Å². The number of nitrogens with zero attached hydrogens (tertiary/aromatic N) is 3. The number of pyridine rings is 1. The van der Waals surface area contributed by atoms with Crippen LogP contribution in [0.15, 0.2) is 79.0 Å². The second kappa shape index (κ2) is 7.78. The van der Waals surface area contributed by atoms with E-state index in [4.69, 9.17) is 0 Å². The van der Waals surface area contributed by atoms with Gasteiger partial charge in [0, 0.05) is 42.5 Å². The Morgan fingerprint density at radius 2 is 1.41 bits per heavy atom. The SMILES string of the molecule is CN(C)c1ccc(/C=C/c2ccnc(N3C(=O)c4cccc5cccc(c45)C3=O)c2)cc1. The van der Waals surface area contributed by atoms with E-state index in [-0.39, 0.29) is 11.8 Å². The molecule has 1 aliphatic heterocycles. The summed E-state index contributed by atoms with van der Waals surface area (Å²) in [5.41, 5.74) is 4.07. The molecule has 2 heterocycles. The third-order valence-corrected chi connectivity index (χ3v) is 5.65. The van der Waals surface area contributed by atoms with Crippen molar-refractivity contribution < 1.29 is 9.59 Å². The molecule has 5 rings (SSSR count). The molecule has 156 valence electrons. The number of anilines is 2. The van der Waals surface area contributed by atoms with Crippen LogP contribution < -0.4 is 9.80 Å². The number of aromatic nitrogens is 1. The van der Waals surface area contributed by atoms with E-state index in [1.165, 1.54) is 4.90 Å². The summed E-state index contributed by atoms with van der Waals surface area (Å²) in [7, 11) is 4.01. The fourth-order valence-electron chi connectivity index (χ4n) is 3.97. The van der Waals surface area contributed by atoms with Crippen LogP contribution in [0.25, 0.3) is 22.9 Å². The van der Waals surface area contributed by atoms with Gasteiger partial charge in [-0.3, -0.25) is 9.59 Å². The molecule has 0 aliphatic carbocycles. The highest BCUT2D eigenvalue weighted by molar-refractivity contribution is 6.35. The first-order chi connectivity index (χ1) is 15.5. The molecule has 0 fully saturated rings. The molecule has 0 spiro atoms. The van der Waals surface area contributed by atoms with Gasteiger partial charge in [0.1, 0.15) is 5.82 Å². The molecule has 5 nitrogen and oxygen atoms in total. The van der Waals surface area contributed by atoms with Gasteiger partial charge in [0.05, 0.1) is 0 Å². The van der Waals surface area contributed by atoms with Crippen molar-refractivity contribution in [3.8, 4) is 0 Å². The second-order valence-electron chi connectivity index (χ2n) is 7.92. The first-order valence-corrected chi connectivity index (χ1v) is 10.3. The van der Waals surface area contributed by atoms with Crippen LogP contribution in [0.5, 0.6) is 0 Å². The van der Waals surface area contributed by atoms with Gasteiger partial charge in [-0.05, 0) is 52.9 Å². The van der Waals surface area contributed by atoms with Crippen molar-refractivity contribution in [2.45, 2.75) is 0 Å². The molecule has 0 N–H and O–H groups in total. The third-order valence-electron chi connectivity index (χ3n) is 5.65. The molecular weight excluding hydrogens is 398 g/mol. The summed E-state index contributed by atoms with van der Waals surface area (Å²) < 4.78 is 0. The minimum absolute atomic E-state index is 0.316. The summed E-state index contributed by atoms with van der Waals surface area (Å²) in [6.07, 6.45) is 5.56. The Balaban J connectivity index is 1.48. The zero-order valence-corrected chi connectivity index (χ0v) is 17.8. The smallest absolute Gasteiger partial charge is 0.267 e. The largest absolute Gasteiger partial charge is 0.378 e. The van der Waals surface area contributed by atoms with Crippen LogP contribution in [0.2, 0.25) is 0 Å². The average molecular weight is 419 g/mol. The fraction of sp³-hybridized carbons (Fsp3) is 0.0741. The van der Waals surface area contributed by atoms with Gasteiger partial charge in [-0.15, -0.1) is 0 Å². The highest BCUT2D eigenvalue weighted by Gasteiger charge is 2.34. The lowest BCUT2D eigenvalue weighted by molar-refractivity contribution is 0.0892. The Labute approximate surface area is 186 Å². The number of imide groups is 1. The van der Waals surface area contributed by atoms with Gasteiger partial charge in [0.25, 0.3) is 11.8 Å². The highest BCUT2D eigenvalue weighted by atomic mass is 16.2. The predicted molar refractivity (Wildman–Crippen MR) is 129 cm³/mol. The van der Waals surface area contributed by atoms with Gasteiger partial charge in [-0.25, -0.2) is 9.88 Å². The fourth-order valence-corrected chi connectivity index (χ4v) is 3.97. The van der Waals surface area contributed by atoms with Gasteiger partial charge < -0.3 is 4.90 Å². The number of hydrogen-bond donors (Lipinski definition) is 0. The average Bonchev–Trinajstić information content (AvgIpc) is 2.82. The first kappa shape index (κ1) is 19.7. The number of amides is 2. The molecule has 0 atom stereocenters. The number of carbonyl (C=O) groups is 2. The Bertz CT molecular complexity index is 1340. The zero-order valence-electron chi connectivity index (χ0n) is 17.8. The van der Waals surface area contributed by atoms with Crippen LogP contribution in [0.4, 0.5) is 11.5 Å². The summed E-state index contributed by atoms with van der Waals surface area (Å²) in [6, 6.07) is 22.8. The second-order valence-corrected chi connectivity index (χ2v) is 7.92. The molecule has 0 saturated heterocycles. The Morgan fingerprint density at radius 1 is 0.781 bits per heavy atom. The van der Waals surface area contributed by atoms with E-state index in [9.17, 15) is 9.59 Å². The van der Waals surface area contributed by atoms with Gasteiger partial charge in [-0.2, -0.15) is 0 Å². The molecule has 0 saturated carbocycles. The molecule has 4 aromatic rings. The molecule has 2 amide bonds. The van der Waals surface area contributed by atoms with E-state index in [1.54, 1.807) is 24.4 Å². The van der Waals surface area contributed by atoms with Crippen LogP contribution in [0.1, 0.15) is 31.8 Å². The summed E-state index contributed by atoms with van der Waals surface area (Å²) in [5.74, 6) is -0.393. The van der Waals surface area contributed by atoms with E-state index in [0.717, 1.165) is 22.2 Å². The molecule has 5 heteroatoms. The monoisotopic (exact) mass is 419 g/mol. The van der Waals surface area contributed by atoms with Gasteiger partial charge in [0.2, 0.25) is 0 Å². The van der Waals surface area contributed by atoms with E-state index >= 15 is 0 Å². The van der Waals surface area contributed by atoms with Crippen molar-refractivity contribution in [2.24, 2.45) is 0 Å². The van der Waals surface area contributed by atoms with Crippen LogP contribution in [0, 0.1) is 0 Å². The Morgan fingerprint density at radius 3 is 2.03 bits per heavy atom. The van der Waals surface area contributed by atoms with Crippen molar-refractivity contribution in [3.63, 3.8) is 0 Å². The predicted octanol–water partition coefficient (Wildman–Crippen LogP) is 5.27. The lowest BCUT2D eigenvalue weighted by atomic mass is 9.94. The van der Waals surface area contributed by atoms with E-state index in [0.29, 0.717) is 22.3 Å². The van der Waals surface area contributed by atoms with Crippen LogP contribution in [-0.4, -0.2) is 30.9 Å². The zero-order chi connectivity index (χ0) is 22.2. The lowest BCUT2D eigenvalue weighted by Gasteiger charge is -2.26. The van der Waals surface area contributed by atoms with Crippen molar-refractivity contribution in [2.75, 3.05) is 23.9 Å². The molecule has 0 bridgehead atoms. The standard InChI is InChI=1S/C27H21N3O2/c1-29(2)21-13-11-18(12-14-21)9-10-19-15-16-28-24(17-19)30-26(31)22-7-3-5-20-6-4-8-23(25(20)22)27(30)32/h3-17H,1-2H3/b10-9+. The summed E-state index contributed by atoms with van der Waals surface area (Å²) in [5, 5.41) is 1.59. The molecule has 3 aromatic carbocycles. The van der Waals surface area contributed by atoms with Crippen LogP contribution in [-0.2, 0) is 0 Å². The maximum Gasteiger partial charge on any atom is 0.267 e. The molecule has 0 radical (unpaired) electrons. The van der Waals surface area contributed by atoms with Crippen molar-refractivity contribution >= 4 is 46.2 Å². The van der Waals surface area contributed by atoms with Crippen molar-refractivity contribution in [1.29, 1.82) is 0 Å². The summed E-state index contributed by atoms with van der Waals surface area (Å²) in [6.45, 7) is 0. The molecule has 1 aliphatic rings. The molecule has 32 heavy (non-hydrogen) atoms. The third kappa shape index (κ3) is 3.34. The molecule has 1 aromatic heterocycles. The minimum Gasteiger partial charge on any atom is -0.378 e. The first-order valence-electron chi connectivity index (χ1n) is 10.3. The molecule has 0 unspecified atom stereocenters. The van der Waals surface area contributed by atoms with Crippen molar-refractivity contribution in [1.82, 2.24) is 4.98 Å². The highest BCUT2D eigenvalue weighted by Crippen LogP contribution is 2.32. The summed E-state index contributed by atoms with van der Waals surface area (Å²) >= 11 is 0. The topological polar surface area (TPSA) is 53.5 Å². The van der Waals surface area contributed by atoms with E-state index in [1.807, 2.05) is 73.6 Å². The van der Waals surface area contributed by atoms with Crippen LogP contribution >= 0.6 is 0 Å². The van der Waals surface area contributed by atoms with Crippen molar-refractivity contribution in [3.05, 3.63) is 101 Å². The van der Waals surface area contributed by atoms with E-state index in [2.05, 4.69) is 17.1 Å². The number of hydrogen-bond acceptors (Lipinski definition) is 4. The summed E-state index contributed by atoms with van der Waals surface area (Å²) in [4.78, 5) is 34.0. The lowest BCUT2D eigenvalue weighted by Crippen LogP contribution is -2.41. The maximum atomic E-state index is 13.2. The van der Waals surface area contributed by atoms with E-state index < -0.39 is 0 Å². The molecular formula is C27H21N3O2. The van der Waals surface area contributed by atoms with Crippen LogP contribution in [0.3, 0.4) is 0 Å². The number of benzene rings is 3. The van der Waals surface area contributed by atoms with Gasteiger partial charge >= 0.3 is 0 Å². The normalized spacial score (nSPS) is 13.2. The Kier molecular flexibility index (Phi) is 4.79. The van der Waals surface area contributed by atoms with Gasteiger partial charge in [0.15, 0.2) is 0 Å². The number of rotatable bonds is 4. The maximum absolute atomic E-state index is 13.2. The minimum atomic E-state index is -0.354. The number of carbonyl (C=O) groups excluding carboxylic acids is 2.